The van der Waals surface area contributed by atoms with Gasteiger partial charge in [-0.3, -0.25) is 4.79 Å². The van der Waals surface area contributed by atoms with Crippen molar-refractivity contribution in [3.05, 3.63) is 68.5 Å². The Hall–Kier alpha value is -1.62. The number of halogens is 2. The molecule has 0 N–H and O–H groups in total. The third kappa shape index (κ3) is 2.29. The number of Topliss-reactive ketones (excluding diaryl/α,β-unsaturated/α-hetero) is 1. The molecule has 0 spiro atoms. The first-order valence-corrected chi connectivity index (χ1v) is 8.21. The summed E-state index contributed by atoms with van der Waals surface area (Å²) in [6.07, 6.45) is 1.29. The summed E-state index contributed by atoms with van der Waals surface area (Å²) in [7, 11) is -3.80. The second kappa shape index (κ2) is 4.98. The van der Waals surface area contributed by atoms with E-state index in [1.165, 1.54) is 24.3 Å². The summed E-state index contributed by atoms with van der Waals surface area (Å²) in [4.78, 5) is 12.0. The summed E-state index contributed by atoms with van der Waals surface area (Å²) in [5.74, 6) is -0.517. The maximum Gasteiger partial charge on any atom is 0.211 e. The van der Waals surface area contributed by atoms with Gasteiger partial charge in [-0.1, -0.05) is 41.4 Å². The van der Waals surface area contributed by atoms with Gasteiger partial charge in [-0.15, -0.1) is 0 Å². The van der Waals surface area contributed by atoms with Gasteiger partial charge in [-0.25, -0.2) is 8.42 Å². The minimum absolute atomic E-state index is 0.0336. The van der Waals surface area contributed by atoms with Gasteiger partial charge in [0, 0.05) is 15.6 Å². The highest BCUT2D eigenvalue weighted by Crippen LogP contribution is 2.36. The number of hydrogen-bond acceptors (Lipinski definition) is 3. The van der Waals surface area contributed by atoms with Gasteiger partial charge in [0.15, 0.2) is 0 Å². The number of benzene rings is 2. The maximum atomic E-state index is 12.4. The van der Waals surface area contributed by atoms with Gasteiger partial charge in [0.05, 0.1) is 4.90 Å². The first-order chi connectivity index (χ1) is 9.91. The fraction of sp³-hybridized carbons (Fsp3) is 0. The molecule has 0 aliphatic carbocycles. The molecule has 6 heteroatoms. The van der Waals surface area contributed by atoms with Crippen molar-refractivity contribution in [3.8, 4) is 0 Å². The number of carbonyl (C=O) groups excluding carboxylic acids is 1. The number of rotatable bonds is 1. The number of carbonyl (C=O) groups is 1. The number of allylic oxidation sites excluding steroid dienone is 1. The van der Waals surface area contributed by atoms with Gasteiger partial charge in [0.25, 0.3) is 0 Å². The van der Waals surface area contributed by atoms with Crippen LogP contribution in [-0.4, -0.2) is 14.2 Å². The Labute approximate surface area is 131 Å². The topological polar surface area (TPSA) is 51.2 Å². The summed E-state index contributed by atoms with van der Waals surface area (Å²) in [5.41, 5.74) is 0.620. The molecule has 2 aromatic rings. The largest absolute Gasteiger partial charge is 0.288 e. The van der Waals surface area contributed by atoms with Crippen LogP contribution in [0.4, 0.5) is 0 Å². The lowest BCUT2D eigenvalue weighted by molar-refractivity contribution is 0.104. The van der Waals surface area contributed by atoms with E-state index in [9.17, 15) is 13.2 Å². The minimum atomic E-state index is -3.80. The predicted octanol–water partition coefficient (Wildman–Crippen LogP) is 4.00. The predicted molar refractivity (Wildman–Crippen MR) is 82.4 cm³/mol. The molecule has 1 aliphatic heterocycles. The number of sulfone groups is 1. The van der Waals surface area contributed by atoms with Gasteiger partial charge in [0.1, 0.15) is 4.91 Å². The molecule has 0 fully saturated rings. The summed E-state index contributed by atoms with van der Waals surface area (Å²) >= 11 is 11.8. The van der Waals surface area contributed by atoms with Crippen molar-refractivity contribution in [1.29, 1.82) is 0 Å². The third-order valence-corrected chi connectivity index (χ3v) is 5.56. The Bertz CT molecular complexity index is 899. The molecule has 1 heterocycles. The zero-order valence-electron chi connectivity index (χ0n) is 10.5. The van der Waals surface area contributed by atoms with Crippen LogP contribution in [-0.2, 0) is 9.84 Å². The van der Waals surface area contributed by atoms with Crippen molar-refractivity contribution >= 4 is 44.9 Å². The van der Waals surface area contributed by atoms with Crippen molar-refractivity contribution < 1.29 is 13.2 Å². The van der Waals surface area contributed by atoms with Gasteiger partial charge in [0.2, 0.25) is 15.6 Å². The molecule has 0 atom stereocenters. The van der Waals surface area contributed by atoms with Gasteiger partial charge in [-0.2, -0.15) is 0 Å². The Morgan fingerprint density at radius 3 is 2.38 bits per heavy atom. The summed E-state index contributed by atoms with van der Waals surface area (Å²) < 4.78 is 24.8. The monoisotopic (exact) mass is 338 g/mol. The zero-order chi connectivity index (χ0) is 15.2. The minimum Gasteiger partial charge on any atom is -0.288 e. The molecule has 0 amide bonds. The molecule has 0 saturated heterocycles. The van der Waals surface area contributed by atoms with E-state index >= 15 is 0 Å². The molecule has 3 nitrogen and oxygen atoms in total. The Balaban J connectivity index is 2.21. The normalized spacial score (nSPS) is 18.0. The van der Waals surface area contributed by atoms with Crippen molar-refractivity contribution in [3.63, 3.8) is 0 Å². The van der Waals surface area contributed by atoms with E-state index in [1.54, 1.807) is 24.3 Å². The Morgan fingerprint density at radius 1 is 1.00 bits per heavy atom. The molecule has 1 aliphatic rings. The second-order valence-electron chi connectivity index (χ2n) is 4.50. The van der Waals surface area contributed by atoms with Crippen LogP contribution >= 0.6 is 23.2 Å². The van der Waals surface area contributed by atoms with Gasteiger partial charge in [-0.05, 0) is 35.9 Å². The highest BCUT2D eigenvalue weighted by Gasteiger charge is 2.38. The molecular formula is C15H8Cl2O3S. The lowest BCUT2D eigenvalue weighted by Crippen LogP contribution is -2.02. The number of fused-ring (bicyclic) bond motifs is 1. The van der Waals surface area contributed by atoms with E-state index in [4.69, 9.17) is 23.2 Å². The van der Waals surface area contributed by atoms with Crippen molar-refractivity contribution in [1.82, 2.24) is 0 Å². The lowest BCUT2D eigenvalue weighted by Gasteiger charge is -2.01. The average molecular weight is 339 g/mol. The second-order valence-corrected chi connectivity index (χ2v) is 7.23. The van der Waals surface area contributed by atoms with Crippen LogP contribution < -0.4 is 0 Å². The van der Waals surface area contributed by atoms with Crippen LogP contribution in [0.2, 0.25) is 10.0 Å². The van der Waals surface area contributed by atoms with E-state index in [0.717, 1.165) is 0 Å². The van der Waals surface area contributed by atoms with Crippen molar-refractivity contribution in [2.75, 3.05) is 0 Å². The van der Waals surface area contributed by atoms with Crippen molar-refractivity contribution in [2.24, 2.45) is 0 Å². The average Bonchev–Trinajstić information content (AvgIpc) is 2.63. The van der Waals surface area contributed by atoms with Crippen LogP contribution in [0.3, 0.4) is 0 Å². The highest BCUT2D eigenvalue weighted by atomic mass is 35.5. The van der Waals surface area contributed by atoms with E-state index in [1.807, 2.05) is 0 Å². The SMILES string of the molecule is O=C1C(=Cc2ccc(Cl)cc2Cl)S(=O)(=O)c2ccccc21. The third-order valence-electron chi connectivity index (χ3n) is 3.18. The molecular weight excluding hydrogens is 331 g/mol. The summed E-state index contributed by atoms with van der Waals surface area (Å²) in [6.45, 7) is 0. The molecule has 106 valence electrons. The quantitative estimate of drug-likeness (QED) is 0.738. The Morgan fingerprint density at radius 2 is 1.71 bits per heavy atom. The van der Waals surface area contributed by atoms with Crippen LogP contribution in [0.5, 0.6) is 0 Å². The molecule has 0 radical (unpaired) electrons. The summed E-state index contributed by atoms with van der Waals surface area (Å²) in [6, 6.07) is 10.8. The van der Waals surface area contributed by atoms with Gasteiger partial charge < -0.3 is 0 Å². The van der Waals surface area contributed by atoms with Crippen molar-refractivity contribution in [2.45, 2.75) is 4.90 Å². The summed E-state index contributed by atoms with van der Waals surface area (Å²) in [5, 5.41) is 0.722. The fourth-order valence-corrected chi connectivity index (χ4v) is 4.21. The first kappa shape index (κ1) is 14.3. The molecule has 21 heavy (non-hydrogen) atoms. The maximum absolute atomic E-state index is 12.4. The van der Waals surface area contributed by atoms with E-state index in [-0.39, 0.29) is 20.4 Å². The number of hydrogen-bond donors (Lipinski definition) is 0. The van der Waals surface area contributed by atoms with Crippen LogP contribution in [0.1, 0.15) is 15.9 Å². The number of ketones is 1. The standard InChI is InChI=1S/C15H8Cl2O3S/c16-10-6-5-9(12(17)8-10)7-14-15(18)11-3-1-2-4-13(11)21(14,19)20/h1-8H. The molecule has 0 saturated carbocycles. The fourth-order valence-electron chi connectivity index (χ4n) is 2.16. The van der Waals surface area contributed by atoms with E-state index < -0.39 is 15.6 Å². The molecule has 0 bridgehead atoms. The van der Waals surface area contributed by atoms with Gasteiger partial charge >= 0.3 is 0 Å². The molecule has 0 unspecified atom stereocenters. The molecule has 0 aromatic heterocycles. The van der Waals surface area contributed by atoms with Crippen LogP contribution in [0, 0.1) is 0 Å². The first-order valence-electron chi connectivity index (χ1n) is 5.97. The smallest absolute Gasteiger partial charge is 0.211 e. The zero-order valence-corrected chi connectivity index (χ0v) is 12.8. The van der Waals surface area contributed by atoms with E-state index in [2.05, 4.69) is 0 Å². The molecule has 2 aromatic carbocycles. The van der Waals surface area contributed by atoms with E-state index in [0.29, 0.717) is 10.6 Å². The van der Waals surface area contributed by atoms with Crippen LogP contribution in [0.25, 0.3) is 6.08 Å². The van der Waals surface area contributed by atoms with Crippen LogP contribution in [0.15, 0.2) is 52.3 Å². The lowest BCUT2D eigenvalue weighted by atomic mass is 10.1. The molecule has 3 rings (SSSR count). The Kier molecular flexibility index (Phi) is 3.40. The highest BCUT2D eigenvalue weighted by molar-refractivity contribution is 7.97.